The van der Waals surface area contributed by atoms with Crippen LogP contribution in [0.3, 0.4) is 0 Å². The quantitative estimate of drug-likeness (QED) is 0.675. The lowest BCUT2D eigenvalue weighted by Gasteiger charge is -2.23. The lowest BCUT2D eigenvalue weighted by Crippen LogP contribution is -2.31. The van der Waals surface area contributed by atoms with E-state index in [2.05, 4.69) is 50.4 Å². The third-order valence-electron chi connectivity index (χ3n) is 4.75. The molecule has 25 heavy (non-hydrogen) atoms. The summed E-state index contributed by atoms with van der Waals surface area (Å²) in [7, 11) is 0. The Labute approximate surface area is 149 Å². The first kappa shape index (κ1) is 17.3. The highest BCUT2D eigenvalue weighted by Crippen LogP contribution is 2.27. The van der Waals surface area contributed by atoms with Crippen LogP contribution in [0.15, 0.2) is 52.9 Å². The molecule has 0 radical (unpaired) electrons. The van der Waals surface area contributed by atoms with Gasteiger partial charge in [0.25, 0.3) is 5.91 Å². The second kappa shape index (κ2) is 7.14. The van der Waals surface area contributed by atoms with Gasteiger partial charge in [-0.1, -0.05) is 63.2 Å². The molecule has 3 heteroatoms. The number of nitrogens with one attached hydrogen (secondary N) is 1. The van der Waals surface area contributed by atoms with Crippen molar-refractivity contribution < 1.29 is 9.21 Å². The number of para-hydroxylation sites is 1. The van der Waals surface area contributed by atoms with Crippen molar-refractivity contribution in [3.63, 3.8) is 0 Å². The predicted molar refractivity (Wildman–Crippen MR) is 102 cm³/mol. The lowest BCUT2D eigenvalue weighted by atomic mass is 9.94. The van der Waals surface area contributed by atoms with Gasteiger partial charge in [0.1, 0.15) is 5.58 Å². The van der Waals surface area contributed by atoms with Gasteiger partial charge in [0.15, 0.2) is 5.76 Å². The molecule has 0 bridgehead atoms. The van der Waals surface area contributed by atoms with Crippen LogP contribution in [0.4, 0.5) is 0 Å². The molecule has 3 rings (SSSR count). The second-order valence-electron chi connectivity index (χ2n) is 6.84. The predicted octanol–water partition coefficient (Wildman–Crippen LogP) is 5.43. The van der Waals surface area contributed by atoms with Crippen molar-refractivity contribution in [1.29, 1.82) is 0 Å². The minimum Gasteiger partial charge on any atom is -0.451 e. The number of rotatable bonds is 5. The molecule has 0 saturated carbocycles. The van der Waals surface area contributed by atoms with Crippen molar-refractivity contribution in [2.45, 2.75) is 40.2 Å². The standard InChI is InChI=1S/C22H25NO2/c1-5-16-10-12-17(13-11-16)20(14(2)3)23-22(24)21-15(4)18-8-6-7-9-19(18)25-21/h6-14,20H,5H2,1-4H3,(H,23,24)/t20-/m0/s1. The van der Waals surface area contributed by atoms with E-state index in [4.69, 9.17) is 4.42 Å². The van der Waals surface area contributed by atoms with Crippen molar-refractivity contribution >= 4 is 16.9 Å². The molecule has 2 aromatic carbocycles. The van der Waals surface area contributed by atoms with Gasteiger partial charge in [0.05, 0.1) is 6.04 Å². The number of aryl methyl sites for hydroxylation is 2. The molecule has 130 valence electrons. The summed E-state index contributed by atoms with van der Waals surface area (Å²) in [5.41, 5.74) is 4.05. The summed E-state index contributed by atoms with van der Waals surface area (Å²) in [6.45, 7) is 8.30. The number of carbonyl (C=O) groups excluding carboxylic acids is 1. The van der Waals surface area contributed by atoms with Gasteiger partial charge in [-0.3, -0.25) is 4.79 Å². The van der Waals surface area contributed by atoms with E-state index in [9.17, 15) is 4.79 Å². The summed E-state index contributed by atoms with van der Waals surface area (Å²) in [6, 6.07) is 16.2. The largest absolute Gasteiger partial charge is 0.451 e. The summed E-state index contributed by atoms with van der Waals surface area (Å²) in [4.78, 5) is 12.8. The zero-order valence-electron chi connectivity index (χ0n) is 15.3. The molecule has 0 spiro atoms. The Morgan fingerprint density at radius 2 is 1.76 bits per heavy atom. The molecule has 0 fully saturated rings. The van der Waals surface area contributed by atoms with Crippen LogP contribution >= 0.6 is 0 Å². The Hall–Kier alpha value is -2.55. The third kappa shape index (κ3) is 3.46. The zero-order valence-corrected chi connectivity index (χ0v) is 15.3. The fraction of sp³-hybridized carbons (Fsp3) is 0.318. The number of hydrogen-bond acceptors (Lipinski definition) is 2. The van der Waals surface area contributed by atoms with E-state index >= 15 is 0 Å². The van der Waals surface area contributed by atoms with Crippen molar-refractivity contribution in [3.05, 3.63) is 71.0 Å². The third-order valence-corrected chi connectivity index (χ3v) is 4.75. The molecular formula is C22H25NO2. The van der Waals surface area contributed by atoms with Crippen LogP contribution < -0.4 is 5.32 Å². The number of amides is 1. The van der Waals surface area contributed by atoms with Crippen LogP contribution in [0.2, 0.25) is 0 Å². The van der Waals surface area contributed by atoms with Crippen molar-refractivity contribution in [2.75, 3.05) is 0 Å². The first-order chi connectivity index (χ1) is 12.0. The summed E-state index contributed by atoms with van der Waals surface area (Å²) in [5, 5.41) is 4.14. The Balaban J connectivity index is 1.88. The van der Waals surface area contributed by atoms with Gasteiger partial charge in [-0.25, -0.2) is 0 Å². The Kier molecular flexibility index (Phi) is 4.93. The average Bonchev–Trinajstić information content (AvgIpc) is 2.97. The Bertz CT molecular complexity index is 875. The summed E-state index contributed by atoms with van der Waals surface area (Å²) in [6.07, 6.45) is 1.01. The van der Waals surface area contributed by atoms with E-state index in [0.717, 1.165) is 28.5 Å². The maximum atomic E-state index is 12.8. The van der Waals surface area contributed by atoms with E-state index in [-0.39, 0.29) is 17.9 Å². The fourth-order valence-corrected chi connectivity index (χ4v) is 3.19. The summed E-state index contributed by atoms with van der Waals surface area (Å²) in [5.74, 6) is 0.519. The van der Waals surface area contributed by atoms with Gasteiger partial charge in [-0.2, -0.15) is 0 Å². The topological polar surface area (TPSA) is 42.2 Å². The van der Waals surface area contributed by atoms with Gasteiger partial charge in [0, 0.05) is 10.9 Å². The van der Waals surface area contributed by atoms with E-state index in [1.165, 1.54) is 5.56 Å². The van der Waals surface area contributed by atoms with Crippen molar-refractivity contribution in [1.82, 2.24) is 5.32 Å². The molecule has 0 unspecified atom stereocenters. The number of hydrogen-bond donors (Lipinski definition) is 1. The molecule has 3 aromatic rings. The SMILES string of the molecule is CCc1ccc([C@@H](NC(=O)c2oc3ccccc3c2C)C(C)C)cc1. The number of furan rings is 1. The molecule has 0 aliphatic heterocycles. The second-order valence-corrected chi connectivity index (χ2v) is 6.84. The van der Waals surface area contributed by atoms with Crippen LogP contribution in [0, 0.1) is 12.8 Å². The molecule has 1 N–H and O–H groups in total. The zero-order chi connectivity index (χ0) is 18.0. The Morgan fingerprint density at radius 3 is 2.36 bits per heavy atom. The molecular weight excluding hydrogens is 310 g/mol. The minimum atomic E-state index is -0.160. The van der Waals surface area contributed by atoms with E-state index in [1.54, 1.807) is 0 Å². The molecule has 3 nitrogen and oxygen atoms in total. The lowest BCUT2D eigenvalue weighted by molar-refractivity contribution is 0.0898. The fourth-order valence-electron chi connectivity index (χ4n) is 3.19. The van der Waals surface area contributed by atoms with Gasteiger partial charge in [-0.05, 0) is 36.5 Å². The highest BCUT2D eigenvalue weighted by Gasteiger charge is 2.23. The average molecular weight is 335 g/mol. The van der Waals surface area contributed by atoms with E-state index in [0.29, 0.717) is 5.76 Å². The first-order valence-electron chi connectivity index (χ1n) is 8.89. The van der Waals surface area contributed by atoms with Gasteiger partial charge in [0.2, 0.25) is 0 Å². The maximum Gasteiger partial charge on any atom is 0.287 e. The first-order valence-corrected chi connectivity index (χ1v) is 8.89. The van der Waals surface area contributed by atoms with Crippen LogP contribution in [-0.2, 0) is 6.42 Å². The number of benzene rings is 2. The van der Waals surface area contributed by atoms with Crippen LogP contribution in [-0.4, -0.2) is 5.91 Å². The molecule has 0 aliphatic rings. The molecule has 1 aromatic heterocycles. The van der Waals surface area contributed by atoms with Crippen LogP contribution in [0.25, 0.3) is 11.0 Å². The molecule has 1 amide bonds. The van der Waals surface area contributed by atoms with Crippen LogP contribution in [0.5, 0.6) is 0 Å². The van der Waals surface area contributed by atoms with Crippen LogP contribution in [0.1, 0.15) is 54.1 Å². The minimum absolute atomic E-state index is 0.0500. The normalized spacial score (nSPS) is 12.5. The molecule has 0 aliphatic carbocycles. The number of fused-ring (bicyclic) bond motifs is 1. The van der Waals surface area contributed by atoms with Gasteiger partial charge >= 0.3 is 0 Å². The highest BCUT2D eigenvalue weighted by atomic mass is 16.3. The highest BCUT2D eigenvalue weighted by molar-refractivity contribution is 5.99. The van der Waals surface area contributed by atoms with Crippen molar-refractivity contribution in [2.24, 2.45) is 5.92 Å². The van der Waals surface area contributed by atoms with E-state index < -0.39 is 0 Å². The number of carbonyl (C=O) groups is 1. The maximum absolute atomic E-state index is 12.8. The molecule has 1 atom stereocenters. The molecule has 1 heterocycles. The van der Waals surface area contributed by atoms with E-state index in [1.807, 2.05) is 31.2 Å². The van der Waals surface area contributed by atoms with Crippen molar-refractivity contribution in [3.8, 4) is 0 Å². The molecule has 0 saturated heterocycles. The smallest absolute Gasteiger partial charge is 0.287 e. The van der Waals surface area contributed by atoms with Gasteiger partial charge in [-0.15, -0.1) is 0 Å². The summed E-state index contributed by atoms with van der Waals surface area (Å²) < 4.78 is 5.80. The van der Waals surface area contributed by atoms with Gasteiger partial charge < -0.3 is 9.73 Å². The summed E-state index contributed by atoms with van der Waals surface area (Å²) >= 11 is 0. The monoisotopic (exact) mass is 335 g/mol. The Morgan fingerprint density at radius 1 is 1.08 bits per heavy atom.